The summed E-state index contributed by atoms with van der Waals surface area (Å²) in [6, 6.07) is 3.72. The van der Waals surface area contributed by atoms with E-state index in [-0.39, 0.29) is 5.25 Å². The summed E-state index contributed by atoms with van der Waals surface area (Å²) in [5.41, 5.74) is 6.24. The van der Waals surface area contributed by atoms with Crippen molar-refractivity contribution >= 4 is 27.3 Å². The van der Waals surface area contributed by atoms with Crippen LogP contribution >= 0.6 is 11.8 Å². The lowest BCUT2D eigenvalue weighted by atomic mass is 10.00. The van der Waals surface area contributed by atoms with Gasteiger partial charge in [-0.1, -0.05) is 6.42 Å². The van der Waals surface area contributed by atoms with Crippen LogP contribution in [0.2, 0.25) is 0 Å². The molecular formula is C12H18N2O2S2. The molecule has 0 saturated heterocycles. The van der Waals surface area contributed by atoms with E-state index in [9.17, 15) is 8.42 Å². The van der Waals surface area contributed by atoms with Crippen molar-refractivity contribution in [3.63, 3.8) is 0 Å². The van der Waals surface area contributed by atoms with Crippen LogP contribution in [0.25, 0.3) is 0 Å². The highest BCUT2D eigenvalue weighted by Crippen LogP contribution is 2.35. The van der Waals surface area contributed by atoms with Crippen LogP contribution in [0.1, 0.15) is 25.7 Å². The third-order valence-corrected chi connectivity index (χ3v) is 6.11. The first-order valence-electron chi connectivity index (χ1n) is 6.02. The normalized spacial score (nSPS) is 24.9. The zero-order valence-electron chi connectivity index (χ0n) is 10.4. The highest BCUT2D eigenvalue weighted by Gasteiger charge is 2.29. The Hall–Kier alpha value is -0.750. The molecule has 1 aromatic rings. The smallest absolute Gasteiger partial charge is 0.150 e. The fraction of sp³-hybridized carbons (Fsp3) is 0.583. The molecule has 1 aromatic heterocycles. The summed E-state index contributed by atoms with van der Waals surface area (Å²) in [5, 5.41) is 1.08. The molecule has 2 rings (SSSR count). The average Bonchev–Trinajstić information content (AvgIpc) is 2.31. The van der Waals surface area contributed by atoms with Gasteiger partial charge in [0.25, 0.3) is 0 Å². The van der Waals surface area contributed by atoms with E-state index in [1.165, 1.54) is 6.26 Å². The number of pyridine rings is 1. The number of sulfone groups is 1. The van der Waals surface area contributed by atoms with Crippen molar-refractivity contribution in [2.24, 2.45) is 0 Å². The van der Waals surface area contributed by atoms with E-state index in [1.54, 1.807) is 18.0 Å². The molecule has 1 heterocycles. The lowest BCUT2D eigenvalue weighted by Gasteiger charge is -2.27. The van der Waals surface area contributed by atoms with E-state index in [4.69, 9.17) is 5.73 Å². The number of nitrogens with zero attached hydrogens (tertiary/aromatic N) is 1. The summed E-state index contributed by atoms with van der Waals surface area (Å²) < 4.78 is 23.2. The van der Waals surface area contributed by atoms with Gasteiger partial charge < -0.3 is 5.73 Å². The predicted octanol–water partition coefficient (Wildman–Crippen LogP) is 2.11. The lowest BCUT2D eigenvalue weighted by molar-refractivity contribution is 0.495. The SMILES string of the molecule is CS(=O)(=O)C1CCCC(Sc2ccc(N)cn2)C1. The Balaban J connectivity index is 2.00. The number of thioether (sulfide) groups is 1. The highest BCUT2D eigenvalue weighted by atomic mass is 32.2. The number of nitrogen functional groups attached to an aromatic ring is 1. The molecule has 0 aliphatic heterocycles. The van der Waals surface area contributed by atoms with E-state index in [0.717, 1.165) is 30.7 Å². The minimum absolute atomic E-state index is 0.183. The maximum absolute atomic E-state index is 11.6. The fourth-order valence-corrected chi connectivity index (χ4v) is 4.74. The number of rotatable bonds is 3. The maximum Gasteiger partial charge on any atom is 0.150 e. The molecule has 0 aromatic carbocycles. The lowest BCUT2D eigenvalue weighted by Crippen LogP contribution is -2.28. The van der Waals surface area contributed by atoms with Crippen molar-refractivity contribution in [1.82, 2.24) is 4.98 Å². The van der Waals surface area contributed by atoms with Gasteiger partial charge in [0.15, 0.2) is 0 Å². The molecule has 18 heavy (non-hydrogen) atoms. The van der Waals surface area contributed by atoms with E-state index < -0.39 is 9.84 Å². The Morgan fingerprint density at radius 2 is 2.17 bits per heavy atom. The quantitative estimate of drug-likeness (QED) is 0.921. The molecule has 0 amide bonds. The minimum atomic E-state index is -2.91. The van der Waals surface area contributed by atoms with Crippen molar-refractivity contribution in [3.8, 4) is 0 Å². The molecule has 2 unspecified atom stereocenters. The van der Waals surface area contributed by atoms with Crippen molar-refractivity contribution in [3.05, 3.63) is 18.3 Å². The van der Waals surface area contributed by atoms with Gasteiger partial charge in [0.2, 0.25) is 0 Å². The standard InChI is InChI=1S/C12H18N2O2S2/c1-18(15,16)11-4-2-3-10(7-11)17-12-6-5-9(13)8-14-12/h5-6,8,10-11H,2-4,7,13H2,1H3. The molecule has 0 spiro atoms. The second-order valence-electron chi connectivity index (χ2n) is 4.79. The van der Waals surface area contributed by atoms with Crippen LogP contribution in [0.4, 0.5) is 5.69 Å². The van der Waals surface area contributed by atoms with E-state index in [1.807, 2.05) is 12.1 Å². The van der Waals surface area contributed by atoms with E-state index in [0.29, 0.717) is 10.9 Å². The van der Waals surface area contributed by atoms with Crippen LogP contribution in [0.5, 0.6) is 0 Å². The molecule has 0 bridgehead atoms. The topological polar surface area (TPSA) is 73.0 Å². The van der Waals surface area contributed by atoms with Crippen molar-refractivity contribution in [2.75, 3.05) is 12.0 Å². The monoisotopic (exact) mass is 286 g/mol. The first-order chi connectivity index (χ1) is 8.45. The van der Waals surface area contributed by atoms with Gasteiger partial charge in [0.1, 0.15) is 9.84 Å². The molecule has 0 radical (unpaired) electrons. The van der Waals surface area contributed by atoms with Crippen LogP contribution < -0.4 is 5.73 Å². The zero-order valence-corrected chi connectivity index (χ0v) is 12.0. The summed E-state index contributed by atoms with van der Waals surface area (Å²) in [5.74, 6) is 0. The molecular weight excluding hydrogens is 268 g/mol. The van der Waals surface area contributed by atoms with E-state index in [2.05, 4.69) is 4.98 Å². The minimum Gasteiger partial charge on any atom is -0.397 e. The second-order valence-corrected chi connectivity index (χ2v) is 8.43. The first-order valence-corrected chi connectivity index (χ1v) is 8.85. The molecule has 4 nitrogen and oxygen atoms in total. The van der Waals surface area contributed by atoms with Gasteiger partial charge in [0.05, 0.1) is 22.2 Å². The van der Waals surface area contributed by atoms with Crippen LogP contribution in [-0.4, -0.2) is 30.2 Å². The van der Waals surface area contributed by atoms with Crippen LogP contribution in [0, 0.1) is 0 Å². The Labute approximate surface area is 112 Å². The molecule has 6 heteroatoms. The van der Waals surface area contributed by atoms with Gasteiger partial charge in [-0.15, -0.1) is 11.8 Å². The van der Waals surface area contributed by atoms with Crippen LogP contribution in [0.3, 0.4) is 0 Å². The second kappa shape index (κ2) is 5.48. The Bertz CT molecular complexity index is 499. The largest absolute Gasteiger partial charge is 0.397 e. The summed E-state index contributed by atoms with van der Waals surface area (Å²) in [6.07, 6.45) is 6.54. The Kier molecular flexibility index (Phi) is 4.17. The summed E-state index contributed by atoms with van der Waals surface area (Å²) in [6.45, 7) is 0. The number of aromatic nitrogens is 1. The third-order valence-electron chi connectivity index (χ3n) is 3.23. The van der Waals surface area contributed by atoms with Crippen molar-refractivity contribution in [2.45, 2.75) is 41.2 Å². The first kappa shape index (κ1) is 13.7. The highest BCUT2D eigenvalue weighted by molar-refractivity contribution is 8.00. The maximum atomic E-state index is 11.6. The van der Waals surface area contributed by atoms with E-state index >= 15 is 0 Å². The number of hydrogen-bond donors (Lipinski definition) is 1. The molecule has 1 saturated carbocycles. The van der Waals surface area contributed by atoms with Gasteiger partial charge in [-0.05, 0) is 31.4 Å². The van der Waals surface area contributed by atoms with Gasteiger partial charge >= 0.3 is 0 Å². The van der Waals surface area contributed by atoms with Crippen LogP contribution in [-0.2, 0) is 9.84 Å². The predicted molar refractivity (Wildman–Crippen MR) is 75.4 cm³/mol. The van der Waals surface area contributed by atoms with Crippen molar-refractivity contribution < 1.29 is 8.42 Å². The summed E-state index contributed by atoms with van der Waals surface area (Å²) >= 11 is 1.66. The summed E-state index contributed by atoms with van der Waals surface area (Å²) in [7, 11) is -2.91. The molecule has 1 aliphatic carbocycles. The Morgan fingerprint density at radius 1 is 1.39 bits per heavy atom. The zero-order chi connectivity index (χ0) is 13.2. The molecule has 1 fully saturated rings. The van der Waals surface area contributed by atoms with Crippen LogP contribution in [0.15, 0.2) is 23.4 Å². The molecule has 100 valence electrons. The fourth-order valence-electron chi connectivity index (χ4n) is 2.23. The van der Waals surface area contributed by atoms with Gasteiger partial charge in [-0.2, -0.15) is 0 Å². The van der Waals surface area contributed by atoms with Gasteiger partial charge in [-0.3, -0.25) is 0 Å². The average molecular weight is 286 g/mol. The third kappa shape index (κ3) is 3.62. The number of hydrogen-bond acceptors (Lipinski definition) is 5. The summed E-state index contributed by atoms with van der Waals surface area (Å²) in [4.78, 5) is 4.25. The number of nitrogens with two attached hydrogens (primary N) is 1. The molecule has 2 atom stereocenters. The molecule has 2 N–H and O–H groups in total. The van der Waals surface area contributed by atoms with Gasteiger partial charge in [0, 0.05) is 11.5 Å². The number of anilines is 1. The molecule has 1 aliphatic rings. The Morgan fingerprint density at radius 3 is 2.78 bits per heavy atom. The van der Waals surface area contributed by atoms with Crippen molar-refractivity contribution in [1.29, 1.82) is 0 Å². The van der Waals surface area contributed by atoms with Gasteiger partial charge in [-0.25, -0.2) is 13.4 Å².